The maximum absolute atomic E-state index is 14.7. The summed E-state index contributed by atoms with van der Waals surface area (Å²) in [6.07, 6.45) is -12.3. The number of ether oxygens (including phenoxy) is 5. The summed E-state index contributed by atoms with van der Waals surface area (Å²) in [5, 5.41) is 0. The van der Waals surface area contributed by atoms with Gasteiger partial charge in [0.1, 0.15) is 81.5 Å². The van der Waals surface area contributed by atoms with Gasteiger partial charge in [-0.15, -0.1) is 0 Å². The van der Waals surface area contributed by atoms with Crippen LogP contribution in [-0.2, 0) is 145 Å². The van der Waals surface area contributed by atoms with E-state index in [2.05, 4.69) is 44.9 Å². The standard InChI is InChI=1S/C55H76N17O26P5S6/c1-23(2)27-9-38(68-8-7-37(56)61-53(68)77)89-32(27)16-84-100(81,105)95-28-10-39(69-14-25(5)47(73)66-54(69)78)90-33(28)18-86-101(82,106)97-30-12-42(72-22-60-44-46(72)63-52(58)65-50(44)76)93-36(30)20-88-103(108,109)98-31-13-40(70-15-26(6)48(74)67-55(70)79)91-35(31)19-87-102(83,107)96-29-11-41(92-34(29)17-85-99(80,104)94-24(3)4)71-21-59-43-45(71)62-51(57)64-49(43)75/h7-8,14-15,21-24,27-36,38-42H,9-13,16-20H2,1-6H3,(H,80,104)(H,81,105)(H,82,106)(H,83,107)(H,108,109)(H2,56,61,77)(H,66,73,78)(H,67,74,79)(H3,57,62,64,75)(H3,58,63,65,76)/p-5/t27-,28+,29+,30+,31+,32+,33+,34+,35+,36+,38+,39+,40+,41+,42+,99?,100?,101?,102?/m0/s1. The topological polar surface area (TPSA) is 575 Å². The molecule has 7 aromatic heterocycles. The molecule has 0 bridgehead atoms. The van der Waals surface area contributed by atoms with E-state index in [0.717, 1.165) is 9.13 Å². The molecule has 5 aliphatic heterocycles. The molecule has 5 unspecified atom stereocenters. The van der Waals surface area contributed by atoms with Gasteiger partial charge in [0, 0.05) is 55.4 Å². The van der Waals surface area contributed by atoms with Crippen LogP contribution in [0.4, 0.5) is 17.7 Å². The molecule has 0 radical (unpaired) electrons. The molecule has 20 atom stereocenters. The molecule has 598 valence electrons. The number of nitrogen functional groups attached to an aromatic ring is 3. The molecule has 5 saturated heterocycles. The van der Waals surface area contributed by atoms with Crippen LogP contribution in [0.3, 0.4) is 0 Å². The minimum Gasteiger partial charge on any atom is -0.780 e. The Bertz CT molecular complexity index is 5280. The quantitative estimate of drug-likeness (QED) is 0.0221. The van der Waals surface area contributed by atoms with Crippen molar-refractivity contribution in [3.8, 4) is 0 Å². The first-order valence-electron chi connectivity index (χ1n) is 33.1. The molecule has 5 fully saturated rings. The lowest BCUT2D eigenvalue weighted by molar-refractivity contribution is -0.218. The largest absolute Gasteiger partial charge is 0.780 e. The summed E-state index contributed by atoms with van der Waals surface area (Å²) in [5.74, 6) is -0.821. The van der Waals surface area contributed by atoms with E-state index in [1.165, 1.54) is 64.9 Å². The Morgan fingerprint density at radius 1 is 0.523 bits per heavy atom. The maximum atomic E-state index is 14.7. The highest BCUT2D eigenvalue weighted by atomic mass is 32.9. The normalized spacial score (nSPS) is 28.8. The lowest BCUT2D eigenvalue weighted by atomic mass is 9.89. The molecule has 10 N–H and O–H groups in total. The Balaban J connectivity index is 0.758. The number of nitrogens with zero attached hydrogens (tertiary/aromatic N) is 10. The van der Waals surface area contributed by atoms with E-state index in [0.29, 0.717) is 6.42 Å². The third-order valence-corrected chi connectivity index (χ3v) is 26.4. The molecule has 43 nitrogen and oxygen atoms in total. The maximum Gasteiger partial charge on any atom is 0.351 e. The van der Waals surface area contributed by atoms with Crippen LogP contribution in [-0.4, -0.2) is 162 Å². The lowest BCUT2D eigenvalue weighted by Gasteiger charge is -2.36. The van der Waals surface area contributed by atoms with E-state index >= 15 is 0 Å². The van der Waals surface area contributed by atoms with Crippen LogP contribution in [0.15, 0.2) is 70.9 Å². The lowest BCUT2D eigenvalue weighted by Crippen LogP contribution is -2.34. The smallest absolute Gasteiger partial charge is 0.351 e. The first kappa shape index (κ1) is 83.6. The van der Waals surface area contributed by atoms with Crippen molar-refractivity contribution < 1.29 is 88.2 Å². The molecule has 0 amide bonds. The van der Waals surface area contributed by atoms with Crippen LogP contribution >= 0.6 is 32.6 Å². The van der Waals surface area contributed by atoms with Gasteiger partial charge in [0.2, 0.25) is 11.9 Å². The molecule has 12 rings (SSSR count). The Kier molecular flexibility index (Phi) is 25.7. The highest BCUT2D eigenvalue weighted by Gasteiger charge is 2.47. The fourth-order valence-electron chi connectivity index (χ4n) is 12.8. The molecular formula is C55H71N17O26P5S6-5. The van der Waals surface area contributed by atoms with Crippen LogP contribution in [0.5, 0.6) is 0 Å². The van der Waals surface area contributed by atoms with E-state index in [1.54, 1.807) is 13.8 Å². The SMILES string of the molecule is Cc1cn([C@H]2C[C@@H](OP([O-])(=S)OC[C@H]3O[C@@H](n4ccc(N)nc4=O)C[C@H]3C(C)C)[C@@H](COP(=O)([S-])O[C@@H]3C[C@H](n4cnc5c(=O)[nH]c(N)nc54)O[C@@H]3COP(=S)([S-])O[C@@H]3C[C@H](n4cc(C)c(=O)[nH]c4=O)O[C@@H]3COP([O-])(=S)O[C@@H]3C[C@H](n4cnc5c(=O)[nH]c(N)nc54)O[C@@H]3COP([O-])(=S)OC(C)C)O2)c(=O)[nH]c1=O. The molecule has 0 aromatic carbocycles. The molecule has 0 saturated carbocycles. The average Bonchev–Trinajstić information content (AvgIpc) is 1.63. The van der Waals surface area contributed by atoms with Gasteiger partial charge in [-0.1, -0.05) is 61.1 Å². The number of aromatic nitrogens is 14. The fraction of sp³-hybridized carbons (Fsp3) is 0.600. The summed E-state index contributed by atoms with van der Waals surface area (Å²) in [5.41, 5.74) is 8.08. The van der Waals surface area contributed by atoms with E-state index in [1.807, 2.05) is 13.8 Å². The highest BCUT2D eigenvalue weighted by Crippen LogP contribution is 2.56. The number of hydrogen-bond donors (Lipinski definition) is 7. The number of anilines is 3. The number of rotatable bonds is 31. The molecular weight excluding hydrogens is 1660 g/mol. The van der Waals surface area contributed by atoms with Gasteiger partial charge >= 0.3 is 17.1 Å². The first-order chi connectivity index (χ1) is 51.2. The van der Waals surface area contributed by atoms with Crippen molar-refractivity contribution in [3.05, 3.63) is 121 Å². The number of nitrogens with two attached hydrogens (primary N) is 3. The van der Waals surface area contributed by atoms with Crippen molar-refractivity contribution >= 4 is 144 Å². The molecule has 0 aliphatic carbocycles. The first-order valence-corrected chi connectivity index (χ1v) is 46.9. The van der Waals surface area contributed by atoms with E-state index in [4.69, 9.17) is 158 Å². The number of H-pyrrole nitrogens is 4. The van der Waals surface area contributed by atoms with Crippen molar-refractivity contribution in [2.45, 2.75) is 166 Å². The molecule has 109 heavy (non-hydrogen) atoms. The number of aromatic amines is 4. The number of nitrogens with one attached hydrogen (secondary N) is 4. The average molecular weight is 1730 g/mol. The monoisotopic (exact) mass is 1730 g/mol. The van der Waals surface area contributed by atoms with E-state index in [9.17, 15) is 52.8 Å². The Morgan fingerprint density at radius 3 is 1.37 bits per heavy atom. The molecule has 0 spiro atoms. The zero-order valence-corrected chi connectivity index (χ0v) is 67.2. The van der Waals surface area contributed by atoms with Gasteiger partial charge in [-0.25, -0.2) is 24.4 Å². The van der Waals surface area contributed by atoms with Crippen LogP contribution < -0.4 is 71.2 Å². The fourth-order valence-corrected chi connectivity index (χ4v) is 20.7. The number of fused-ring (bicyclic) bond motifs is 2. The summed E-state index contributed by atoms with van der Waals surface area (Å²) < 4.78 is 111. The van der Waals surface area contributed by atoms with E-state index < -0.39 is 191 Å². The van der Waals surface area contributed by atoms with Gasteiger partial charge in [0.05, 0.1) is 88.0 Å². The summed E-state index contributed by atoms with van der Waals surface area (Å²) in [7, 11) is 0. The third-order valence-electron chi connectivity index (χ3n) is 17.8. The number of imidazole rings is 2. The highest BCUT2D eigenvalue weighted by molar-refractivity contribution is 8.51. The zero-order valence-electron chi connectivity index (χ0n) is 57.9. The third kappa shape index (κ3) is 20.1. The molecule has 5 aliphatic rings. The Morgan fingerprint density at radius 2 is 0.917 bits per heavy atom. The summed E-state index contributed by atoms with van der Waals surface area (Å²) in [4.78, 5) is 162. The molecule has 7 aromatic rings. The van der Waals surface area contributed by atoms with Crippen molar-refractivity contribution in [1.29, 1.82) is 0 Å². The Labute approximate surface area is 645 Å². The zero-order chi connectivity index (χ0) is 78.7. The predicted molar refractivity (Wildman–Crippen MR) is 396 cm³/mol. The van der Waals surface area contributed by atoms with Gasteiger partial charge < -0.3 is 125 Å². The van der Waals surface area contributed by atoms with Gasteiger partial charge in [-0.2, -0.15) is 15.0 Å². The minimum absolute atomic E-state index is 0.00401. The van der Waals surface area contributed by atoms with Crippen LogP contribution in [0.25, 0.3) is 22.3 Å². The van der Waals surface area contributed by atoms with Crippen LogP contribution in [0.2, 0.25) is 0 Å². The van der Waals surface area contributed by atoms with Gasteiger partial charge in [0.15, 0.2) is 29.1 Å². The summed E-state index contributed by atoms with van der Waals surface area (Å²) >= 11 is 33.2. The van der Waals surface area contributed by atoms with Crippen molar-refractivity contribution in [3.63, 3.8) is 0 Å². The molecule has 12 heterocycles. The van der Waals surface area contributed by atoms with E-state index in [-0.39, 0.29) is 95.3 Å². The van der Waals surface area contributed by atoms with Crippen LogP contribution in [0, 0.1) is 25.7 Å². The van der Waals surface area contributed by atoms with Crippen molar-refractivity contribution in [2.24, 2.45) is 11.8 Å². The van der Waals surface area contributed by atoms with Crippen LogP contribution in [0.1, 0.15) is 102 Å². The van der Waals surface area contributed by atoms with Gasteiger partial charge in [-0.3, -0.25) is 66.5 Å². The van der Waals surface area contributed by atoms with Gasteiger partial charge in [-0.05, 0) is 52.0 Å². The van der Waals surface area contributed by atoms with Crippen molar-refractivity contribution in [1.82, 2.24) is 67.7 Å². The second kappa shape index (κ2) is 33.5. The van der Waals surface area contributed by atoms with Crippen molar-refractivity contribution in [2.75, 3.05) is 50.2 Å². The predicted octanol–water partition coefficient (Wildman–Crippen LogP) is -0.0872. The van der Waals surface area contributed by atoms with Gasteiger partial charge in [0.25, 0.3) is 22.2 Å². The molecule has 54 heteroatoms. The minimum atomic E-state index is -4.84. The second-order valence-corrected chi connectivity index (χ2v) is 42.0. The summed E-state index contributed by atoms with van der Waals surface area (Å²) in [6.45, 7) is -11.6. The Hall–Kier alpha value is -4.85. The number of aryl methyl sites for hydroxylation is 2. The second-order valence-electron chi connectivity index (χ2n) is 26.2. The summed E-state index contributed by atoms with van der Waals surface area (Å²) in [6, 6.07) is 1.44. The number of hydrogen-bond acceptors (Lipinski definition) is 40.